The van der Waals surface area contributed by atoms with Crippen molar-refractivity contribution in [3.8, 4) is 33.6 Å². The van der Waals surface area contributed by atoms with Crippen molar-refractivity contribution in [3.05, 3.63) is 139 Å². The van der Waals surface area contributed by atoms with Crippen LogP contribution in [-0.2, 0) is 32.9 Å². The maximum Gasteiger partial charge on any atom is 0.121 e. The molecule has 0 spiro atoms. The summed E-state index contributed by atoms with van der Waals surface area (Å²) in [6.45, 7) is 14.1. The molecule has 7 aromatic rings. The number of furan rings is 1. The van der Waals surface area contributed by atoms with Crippen LogP contribution in [0.4, 0.5) is 0 Å². The second kappa shape index (κ2) is 16.8. The van der Waals surface area contributed by atoms with Crippen LogP contribution >= 0.6 is 0 Å². The van der Waals surface area contributed by atoms with E-state index < -0.39 is 8.07 Å². The van der Waals surface area contributed by atoms with Gasteiger partial charge in [-0.25, -0.2) is 0 Å². The summed E-state index contributed by atoms with van der Waals surface area (Å²) in [6, 6.07) is 42.6. The molecule has 1 radical (unpaired) electrons. The number of nitrogens with zero attached hydrogens (tertiary/aromatic N) is 2. The van der Waals surface area contributed by atoms with Crippen molar-refractivity contribution >= 4 is 35.2 Å². The van der Waals surface area contributed by atoms with E-state index in [9.17, 15) is 0 Å². The Morgan fingerprint density at radius 3 is 2.23 bits per heavy atom. The van der Waals surface area contributed by atoms with Crippen molar-refractivity contribution in [2.24, 2.45) is 23.2 Å². The normalized spacial score (nSPS) is 18.0. The van der Waals surface area contributed by atoms with Crippen molar-refractivity contribution in [1.82, 2.24) is 9.97 Å². The Balaban J connectivity index is 0.000000190. The third-order valence-electron chi connectivity index (χ3n) is 11.8. The van der Waals surface area contributed by atoms with E-state index in [-0.39, 0.29) is 25.5 Å². The number of aromatic nitrogens is 2. The topological polar surface area (TPSA) is 38.9 Å². The van der Waals surface area contributed by atoms with Gasteiger partial charge in [-0.1, -0.05) is 130 Å². The van der Waals surface area contributed by atoms with Crippen LogP contribution in [0, 0.1) is 35.3 Å². The minimum absolute atomic E-state index is 0. The predicted molar refractivity (Wildman–Crippen MR) is 233 cm³/mol. The molecule has 4 aromatic carbocycles. The van der Waals surface area contributed by atoms with Crippen LogP contribution in [0.15, 0.2) is 120 Å². The summed E-state index contributed by atoms with van der Waals surface area (Å²) in [6.07, 6.45) is 13.5. The fourth-order valence-electron chi connectivity index (χ4n) is 9.14. The molecule has 1 atom stereocenters. The second-order valence-corrected chi connectivity index (χ2v) is 23.3. The summed E-state index contributed by atoms with van der Waals surface area (Å²) in [4.78, 5) is 9.45. The van der Waals surface area contributed by atoms with Crippen LogP contribution < -0.4 is 5.19 Å². The van der Waals surface area contributed by atoms with Crippen LogP contribution in [0.3, 0.4) is 0 Å². The van der Waals surface area contributed by atoms with Gasteiger partial charge < -0.3 is 14.4 Å². The van der Waals surface area contributed by atoms with Crippen molar-refractivity contribution in [3.63, 3.8) is 0 Å². The van der Waals surface area contributed by atoms with Gasteiger partial charge in [0.15, 0.2) is 0 Å². The molecule has 3 aliphatic rings. The molecule has 10 rings (SSSR count). The monoisotopic (exact) mass is 931 g/mol. The maximum absolute atomic E-state index is 6.46. The van der Waals surface area contributed by atoms with E-state index in [0.717, 1.165) is 68.6 Å². The quantitative estimate of drug-likeness (QED) is 0.118. The summed E-state index contributed by atoms with van der Waals surface area (Å²) in [5, 5.41) is 3.75. The summed E-state index contributed by atoms with van der Waals surface area (Å²) in [5.41, 5.74) is 11.3. The SMILES string of the molecule is CC(C)(C)Cc1cc(-c2[c-]cccc2)ncc1[Si](C)(C)C.[Ir].[c-]1ccc2c(oc3cc(-c4ccccc4)ccc32)c1-c1cc(CC2CC3CCC2CC3)ccn1. The minimum Gasteiger partial charge on any atom is -0.501 e. The van der Waals surface area contributed by atoms with Crippen LogP contribution in [0.1, 0.15) is 64.0 Å². The number of pyridine rings is 2. The fourth-order valence-corrected chi connectivity index (χ4v) is 10.7. The summed E-state index contributed by atoms with van der Waals surface area (Å²) in [7, 11) is -1.37. The molecule has 3 aliphatic carbocycles. The summed E-state index contributed by atoms with van der Waals surface area (Å²) in [5.74, 6) is 2.73. The molecule has 3 aromatic heterocycles. The van der Waals surface area contributed by atoms with Crippen LogP contribution in [0.2, 0.25) is 19.6 Å². The molecule has 3 fully saturated rings. The third-order valence-corrected chi connectivity index (χ3v) is 13.9. The fraction of sp³-hybridized carbons (Fsp3) is 0.333. The third kappa shape index (κ3) is 9.02. The molecule has 3 heterocycles. The Labute approximate surface area is 348 Å². The van der Waals surface area contributed by atoms with Crippen LogP contribution in [0.5, 0.6) is 0 Å². The molecular weight excluding hydrogens is 877 g/mol. The van der Waals surface area contributed by atoms with Gasteiger partial charge in [0.05, 0.1) is 13.7 Å². The van der Waals surface area contributed by atoms with Crippen molar-refractivity contribution in [2.75, 3.05) is 0 Å². The van der Waals surface area contributed by atoms with Gasteiger partial charge in [-0.3, -0.25) is 0 Å². The summed E-state index contributed by atoms with van der Waals surface area (Å²) < 4.78 is 6.46. The van der Waals surface area contributed by atoms with Crippen LogP contribution in [-0.4, -0.2) is 18.0 Å². The zero-order chi connectivity index (χ0) is 38.2. The van der Waals surface area contributed by atoms with E-state index >= 15 is 0 Å². The van der Waals surface area contributed by atoms with Gasteiger partial charge in [0.1, 0.15) is 5.58 Å². The molecule has 5 heteroatoms. The largest absolute Gasteiger partial charge is 0.501 e. The molecule has 3 saturated carbocycles. The first-order valence-corrected chi connectivity index (χ1v) is 23.8. The van der Waals surface area contributed by atoms with Gasteiger partial charge in [0.2, 0.25) is 0 Å². The van der Waals surface area contributed by atoms with E-state index in [1.807, 2.05) is 36.5 Å². The Morgan fingerprint density at radius 2 is 1.54 bits per heavy atom. The first-order valence-electron chi connectivity index (χ1n) is 20.3. The average Bonchev–Trinajstić information content (AvgIpc) is 3.57. The molecule has 0 saturated heterocycles. The average molecular weight is 931 g/mol. The Hall–Kier alpha value is -4.15. The Bertz CT molecular complexity index is 2400. The molecule has 0 aliphatic heterocycles. The van der Waals surface area contributed by atoms with E-state index in [1.165, 1.54) is 66.0 Å². The van der Waals surface area contributed by atoms with Gasteiger partial charge in [0, 0.05) is 37.9 Å². The molecular formula is C51H54IrN2OSi-2. The van der Waals surface area contributed by atoms with Crippen molar-refractivity contribution < 1.29 is 24.5 Å². The van der Waals surface area contributed by atoms with E-state index in [4.69, 9.17) is 14.4 Å². The number of rotatable bonds is 7. The van der Waals surface area contributed by atoms with Crippen LogP contribution in [0.25, 0.3) is 55.6 Å². The minimum atomic E-state index is -1.37. The molecule has 0 N–H and O–H groups in total. The van der Waals surface area contributed by atoms with Gasteiger partial charge in [0.25, 0.3) is 0 Å². The summed E-state index contributed by atoms with van der Waals surface area (Å²) >= 11 is 0. The first kappa shape index (κ1) is 40.1. The Kier molecular flexibility index (Phi) is 12.0. The zero-order valence-corrected chi connectivity index (χ0v) is 37.2. The molecule has 1 unspecified atom stereocenters. The predicted octanol–water partition coefficient (Wildman–Crippen LogP) is 13.2. The number of hydrogen-bond donors (Lipinski definition) is 0. The van der Waals surface area contributed by atoms with Crippen molar-refractivity contribution in [1.29, 1.82) is 0 Å². The van der Waals surface area contributed by atoms with Crippen molar-refractivity contribution in [2.45, 2.75) is 85.4 Å². The van der Waals surface area contributed by atoms with Gasteiger partial charge in [-0.05, 0) is 95.1 Å². The molecule has 2 bridgehead atoms. The van der Waals surface area contributed by atoms with Gasteiger partial charge in [-0.2, -0.15) is 0 Å². The maximum atomic E-state index is 6.46. The van der Waals surface area contributed by atoms with Gasteiger partial charge >= 0.3 is 0 Å². The number of hydrogen-bond acceptors (Lipinski definition) is 3. The molecule has 289 valence electrons. The standard InChI is InChI=1S/C32H28NO.C19H26NSi.Ir/c1-2-5-23(6-3-1)25-13-14-27-28-7-4-8-29(32(28)34-31(27)20-25)30-19-22(15-16-33-30)18-26-17-21-9-11-24(26)12-10-21;1-19(2,3)13-16-12-17(15-10-8-7-9-11-15)20-14-18(16)21(4,5)6;/h1-7,13-16,19-21,24,26H,9-12,17-18H2;7-10,12,14H,13H2,1-6H3;/q2*-1;. The van der Waals surface area contributed by atoms with Gasteiger partial charge in [-0.15, -0.1) is 54.1 Å². The van der Waals surface area contributed by atoms with E-state index in [2.05, 4.69) is 132 Å². The number of fused-ring (bicyclic) bond motifs is 6. The molecule has 56 heavy (non-hydrogen) atoms. The Morgan fingerprint density at radius 1 is 0.750 bits per heavy atom. The second-order valence-electron chi connectivity index (χ2n) is 18.3. The van der Waals surface area contributed by atoms with E-state index in [0.29, 0.717) is 0 Å². The van der Waals surface area contributed by atoms with E-state index in [1.54, 1.807) is 0 Å². The number of benzene rings is 4. The molecule has 3 nitrogen and oxygen atoms in total. The zero-order valence-electron chi connectivity index (χ0n) is 33.8. The smallest absolute Gasteiger partial charge is 0.121 e. The molecule has 0 amide bonds. The first-order chi connectivity index (χ1) is 26.5.